The van der Waals surface area contributed by atoms with Gasteiger partial charge in [-0.3, -0.25) is 19.2 Å². The monoisotopic (exact) mass is 620 g/mol. The van der Waals surface area contributed by atoms with E-state index in [1.54, 1.807) is 0 Å². The molecule has 2 aromatic rings. The van der Waals surface area contributed by atoms with Crippen LogP contribution in [0.4, 0.5) is 9.59 Å². The molecule has 0 unspecified atom stereocenters. The highest BCUT2D eigenvalue weighted by Gasteiger charge is 2.30. The van der Waals surface area contributed by atoms with Gasteiger partial charge in [0, 0.05) is 44.9 Å². The predicted molar refractivity (Wildman–Crippen MR) is 162 cm³/mol. The Morgan fingerprint density at radius 2 is 1.20 bits per heavy atom. The molecule has 6 amide bonds. The number of hydrogen-bond donors (Lipinski definition) is 6. The summed E-state index contributed by atoms with van der Waals surface area (Å²) in [6.45, 7) is 2.65. The maximum Gasteiger partial charge on any atom is 0.408 e. The quantitative estimate of drug-likeness (QED) is 0.250. The van der Waals surface area contributed by atoms with Crippen LogP contribution in [0.1, 0.15) is 29.9 Å². The Morgan fingerprint density at radius 3 is 1.69 bits per heavy atom. The molecule has 1 fully saturated rings. The average molecular weight is 621 g/mol. The molecule has 0 aromatic heterocycles. The first-order valence-corrected chi connectivity index (χ1v) is 14.5. The van der Waals surface area contributed by atoms with Crippen molar-refractivity contribution < 1.29 is 38.2 Å². The topological polar surface area (TPSA) is 193 Å². The molecule has 14 heteroatoms. The number of benzene rings is 2. The van der Waals surface area contributed by atoms with Crippen LogP contribution in [0.25, 0.3) is 11.1 Å². The molecule has 0 bridgehead atoms. The third-order valence-electron chi connectivity index (χ3n) is 7.20. The van der Waals surface area contributed by atoms with Gasteiger partial charge in [0.1, 0.15) is 25.3 Å². The van der Waals surface area contributed by atoms with Crippen molar-refractivity contribution in [3.63, 3.8) is 0 Å². The molecule has 238 valence electrons. The second-order valence-corrected chi connectivity index (χ2v) is 10.3. The molecular formula is C31H36N6O8. The Morgan fingerprint density at radius 1 is 0.733 bits per heavy atom. The standard InChI is InChI=1S/C31H36N6O8/c1-2-15-44-30(42)36-24-16-34-26(38)12-14-33-29(41)25(17-35-27(39)11-13-32-28(24)40)37-31(43)45-18-23-21-9-5-3-7-19(21)20-8-4-6-10-22(20)23/h2-10,23-25H,1,11-18H2,(H,32,40)(H,33,41)(H,34,38)(H,35,39)(H,36,42)(H,37,43)/t24-,25-/m0/s1. The zero-order valence-electron chi connectivity index (χ0n) is 24.6. The fraction of sp³-hybridized carbons (Fsp3) is 0.355. The van der Waals surface area contributed by atoms with Crippen LogP contribution in [0, 0.1) is 0 Å². The fourth-order valence-electron chi connectivity index (χ4n) is 4.97. The van der Waals surface area contributed by atoms with Gasteiger partial charge in [0.25, 0.3) is 0 Å². The number of alkyl carbamates (subject to hydrolysis) is 2. The molecule has 0 saturated carbocycles. The molecule has 0 radical (unpaired) electrons. The molecule has 1 saturated heterocycles. The summed E-state index contributed by atoms with van der Waals surface area (Å²) in [5, 5.41) is 15.0. The number of carbonyl (C=O) groups is 6. The average Bonchev–Trinajstić information content (AvgIpc) is 3.35. The van der Waals surface area contributed by atoms with E-state index in [0.29, 0.717) is 0 Å². The maximum absolute atomic E-state index is 13.0. The number of amides is 6. The number of rotatable bonds is 6. The van der Waals surface area contributed by atoms with Gasteiger partial charge in [0.05, 0.1) is 0 Å². The van der Waals surface area contributed by atoms with E-state index in [1.165, 1.54) is 6.08 Å². The number of hydrogen-bond acceptors (Lipinski definition) is 8. The smallest absolute Gasteiger partial charge is 0.408 e. The van der Waals surface area contributed by atoms with Crippen molar-refractivity contribution in [3.05, 3.63) is 72.3 Å². The molecule has 45 heavy (non-hydrogen) atoms. The van der Waals surface area contributed by atoms with E-state index in [2.05, 4.69) is 38.5 Å². The molecule has 14 nitrogen and oxygen atoms in total. The summed E-state index contributed by atoms with van der Waals surface area (Å²) in [6.07, 6.45) is -0.712. The number of nitrogens with one attached hydrogen (secondary N) is 6. The van der Waals surface area contributed by atoms with E-state index >= 15 is 0 Å². The highest BCUT2D eigenvalue weighted by Crippen LogP contribution is 2.44. The summed E-state index contributed by atoms with van der Waals surface area (Å²) in [6, 6.07) is 13.4. The minimum absolute atomic E-state index is 0.0300. The molecule has 2 aromatic carbocycles. The molecule has 1 aliphatic heterocycles. The Hall–Kier alpha value is -5.40. The number of fused-ring (bicyclic) bond motifs is 3. The molecule has 6 N–H and O–H groups in total. The molecule has 0 spiro atoms. The van der Waals surface area contributed by atoms with E-state index in [9.17, 15) is 28.8 Å². The molecule has 1 aliphatic carbocycles. The van der Waals surface area contributed by atoms with Crippen LogP contribution in [-0.4, -0.2) is 87.3 Å². The molecule has 4 rings (SSSR count). The van der Waals surface area contributed by atoms with Crippen molar-refractivity contribution in [1.29, 1.82) is 0 Å². The minimum Gasteiger partial charge on any atom is -0.449 e. The van der Waals surface area contributed by atoms with Crippen molar-refractivity contribution in [3.8, 4) is 11.1 Å². The SMILES string of the molecule is C=CCOC(=O)N[C@H]1CNC(=O)CCNC(=O)[C@@H](NC(=O)OCC2c3ccccc3-c3ccccc32)CNC(=O)CCNC1=O. The molecule has 1 heterocycles. The number of carbonyl (C=O) groups excluding carboxylic acids is 6. The van der Waals surface area contributed by atoms with Crippen LogP contribution >= 0.6 is 0 Å². The first kappa shape index (κ1) is 32.5. The van der Waals surface area contributed by atoms with Crippen molar-refractivity contribution in [1.82, 2.24) is 31.9 Å². The Labute approximate surface area is 259 Å². The molecule has 2 atom stereocenters. The third kappa shape index (κ3) is 9.05. The normalized spacial score (nSPS) is 19.4. The zero-order chi connectivity index (χ0) is 32.2. The van der Waals surface area contributed by atoms with Crippen LogP contribution < -0.4 is 31.9 Å². The lowest BCUT2D eigenvalue weighted by Crippen LogP contribution is -2.55. The lowest BCUT2D eigenvalue weighted by molar-refractivity contribution is -0.124. The summed E-state index contributed by atoms with van der Waals surface area (Å²) < 4.78 is 10.4. The highest BCUT2D eigenvalue weighted by molar-refractivity contribution is 5.89. The van der Waals surface area contributed by atoms with Crippen LogP contribution in [0.5, 0.6) is 0 Å². The van der Waals surface area contributed by atoms with Gasteiger partial charge in [-0.25, -0.2) is 9.59 Å². The molecule has 2 aliphatic rings. The van der Waals surface area contributed by atoms with Gasteiger partial charge in [-0.1, -0.05) is 61.2 Å². The summed E-state index contributed by atoms with van der Waals surface area (Å²) in [5.74, 6) is -2.47. The second-order valence-electron chi connectivity index (χ2n) is 10.3. The Kier molecular flexibility index (Phi) is 11.5. The first-order valence-electron chi connectivity index (χ1n) is 14.5. The lowest BCUT2D eigenvalue weighted by atomic mass is 9.98. The van der Waals surface area contributed by atoms with Gasteiger partial charge in [0.2, 0.25) is 23.6 Å². The zero-order valence-corrected chi connectivity index (χ0v) is 24.6. The van der Waals surface area contributed by atoms with E-state index in [4.69, 9.17) is 9.47 Å². The van der Waals surface area contributed by atoms with Crippen LogP contribution in [0.2, 0.25) is 0 Å². The van der Waals surface area contributed by atoms with E-state index in [0.717, 1.165) is 22.3 Å². The van der Waals surface area contributed by atoms with Crippen LogP contribution in [-0.2, 0) is 28.7 Å². The summed E-state index contributed by atoms with van der Waals surface area (Å²) >= 11 is 0. The van der Waals surface area contributed by atoms with Gasteiger partial charge in [0.15, 0.2) is 0 Å². The van der Waals surface area contributed by atoms with Gasteiger partial charge in [-0.05, 0) is 22.3 Å². The predicted octanol–water partition coefficient (Wildman–Crippen LogP) is 0.433. The highest BCUT2D eigenvalue weighted by atomic mass is 16.6. The lowest BCUT2D eigenvalue weighted by Gasteiger charge is -2.21. The van der Waals surface area contributed by atoms with Gasteiger partial charge in [-0.2, -0.15) is 0 Å². The van der Waals surface area contributed by atoms with Crippen molar-refractivity contribution in [2.24, 2.45) is 0 Å². The Balaban J connectivity index is 1.35. The molecular weight excluding hydrogens is 584 g/mol. The van der Waals surface area contributed by atoms with Crippen molar-refractivity contribution in [2.75, 3.05) is 39.4 Å². The van der Waals surface area contributed by atoms with Crippen molar-refractivity contribution in [2.45, 2.75) is 30.8 Å². The largest absolute Gasteiger partial charge is 0.449 e. The van der Waals surface area contributed by atoms with E-state index in [-0.39, 0.29) is 58.2 Å². The van der Waals surface area contributed by atoms with E-state index in [1.807, 2.05) is 48.5 Å². The van der Waals surface area contributed by atoms with E-state index < -0.39 is 47.9 Å². The fourth-order valence-corrected chi connectivity index (χ4v) is 4.97. The third-order valence-corrected chi connectivity index (χ3v) is 7.20. The van der Waals surface area contributed by atoms with Crippen LogP contribution in [0.15, 0.2) is 61.2 Å². The number of ether oxygens (including phenoxy) is 2. The summed E-state index contributed by atoms with van der Waals surface area (Å²) in [7, 11) is 0. The van der Waals surface area contributed by atoms with Gasteiger partial charge in [-0.15, -0.1) is 0 Å². The Bertz CT molecular complexity index is 1400. The van der Waals surface area contributed by atoms with Crippen molar-refractivity contribution >= 4 is 35.8 Å². The minimum atomic E-state index is -1.20. The van der Waals surface area contributed by atoms with Gasteiger partial charge < -0.3 is 41.4 Å². The van der Waals surface area contributed by atoms with Gasteiger partial charge >= 0.3 is 12.2 Å². The maximum atomic E-state index is 13.0. The second kappa shape index (κ2) is 15.9. The summed E-state index contributed by atoms with van der Waals surface area (Å²) in [5.41, 5.74) is 4.20. The van der Waals surface area contributed by atoms with Crippen LogP contribution in [0.3, 0.4) is 0 Å². The first-order chi connectivity index (χ1) is 21.8. The summed E-state index contributed by atoms with van der Waals surface area (Å²) in [4.78, 5) is 75.2.